The molecule has 4 rings (SSSR count). The Balaban J connectivity index is 1.26. The van der Waals surface area contributed by atoms with E-state index in [-0.39, 0.29) is 0 Å². The summed E-state index contributed by atoms with van der Waals surface area (Å²) >= 11 is 0. The molecule has 0 amide bonds. The van der Waals surface area contributed by atoms with Gasteiger partial charge in [0, 0.05) is 18.0 Å². The zero-order chi connectivity index (χ0) is 22.9. The molecule has 180 valence electrons. The summed E-state index contributed by atoms with van der Waals surface area (Å²) in [6.07, 6.45) is 25.0. The lowest BCUT2D eigenvalue weighted by molar-refractivity contribution is 0.302. The molecule has 1 aromatic heterocycles. The van der Waals surface area contributed by atoms with E-state index < -0.39 is 0 Å². The van der Waals surface area contributed by atoms with E-state index in [9.17, 15) is 0 Å². The first-order valence-corrected chi connectivity index (χ1v) is 14.2. The lowest BCUT2D eigenvalue weighted by atomic mass is 9.77. The van der Waals surface area contributed by atoms with Crippen molar-refractivity contribution in [3.05, 3.63) is 47.8 Å². The monoisotopic (exact) mass is 446 g/mol. The van der Waals surface area contributed by atoms with Gasteiger partial charge in [-0.1, -0.05) is 83.1 Å². The molecule has 2 aliphatic carbocycles. The molecule has 0 aliphatic heterocycles. The second kappa shape index (κ2) is 12.7. The number of aromatic nitrogens is 2. The van der Waals surface area contributed by atoms with Crippen LogP contribution < -0.4 is 0 Å². The Labute approximate surface area is 203 Å². The van der Waals surface area contributed by atoms with Crippen LogP contribution in [0.15, 0.2) is 36.7 Å². The van der Waals surface area contributed by atoms with Gasteiger partial charge in [0.2, 0.25) is 0 Å². The third-order valence-corrected chi connectivity index (χ3v) is 8.64. The minimum absolute atomic E-state index is 0.663. The highest BCUT2D eigenvalue weighted by molar-refractivity contribution is 5.55. The Bertz CT molecular complexity index is 794. The normalized spacial score (nSPS) is 25.8. The van der Waals surface area contributed by atoms with E-state index in [0.717, 1.165) is 29.1 Å². The molecule has 2 aromatic rings. The minimum Gasteiger partial charge on any atom is -0.236 e. The maximum Gasteiger partial charge on any atom is 0.159 e. The van der Waals surface area contributed by atoms with Gasteiger partial charge in [-0.05, 0) is 86.2 Å². The second-order valence-corrected chi connectivity index (χ2v) is 11.0. The van der Waals surface area contributed by atoms with Crippen LogP contribution in [0.1, 0.15) is 133 Å². The Kier molecular flexibility index (Phi) is 9.38. The van der Waals surface area contributed by atoms with Crippen LogP contribution in [0, 0.1) is 11.8 Å². The first-order valence-electron chi connectivity index (χ1n) is 14.2. The number of benzene rings is 1. The van der Waals surface area contributed by atoms with Crippen molar-refractivity contribution in [3.8, 4) is 11.4 Å². The minimum atomic E-state index is 0.663. The van der Waals surface area contributed by atoms with E-state index in [1.54, 1.807) is 0 Å². The van der Waals surface area contributed by atoms with Gasteiger partial charge < -0.3 is 0 Å². The first-order chi connectivity index (χ1) is 16.3. The first kappa shape index (κ1) is 24.4. The summed E-state index contributed by atoms with van der Waals surface area (Å²) in [7, 11) is 0. The average Bonchev–Trinajstić information content (AvgIpc) is 2.88. The Morgan fingerprint density at radius 1 is 0.606 bits per heavy atom. The maximum absolute atomic E-state index is 4.76. The molecule has 0 saturated heterocycles. The van der Waals surface area contributed by atoms with Crippen molar-refractivity contribution >= 4 is 0 Å². The summed E-state index contributed by atoms with van der Waals surface area (Å²) in [6.45, 7) is 4.61. The van der Waals surface area contributed by atoms with Crippen molar-refractivity contribution in [2.24, 2.45) is 11.8 Å². The summed E-state index contributed by atoms with van der Waals surface area (Å²) in [4.78, 5) is 9.52. The van der Waals surface area contributed by atoms with Gasteiger partial charge in [0.15, 0.2) is 5.82 Å². The van der Waals surface area contributed by atoms with Gasteiger partial charge >= 0.3 is 0 Å². The quantitative estimate of drug-likeness (QED) is 0.340. The summed E-state index contributed by atoms with van der Waals surface area (Å²) in [5.41, 5.74) is 4.02. The largest absolute Gasteiger partial charge is 0.236 e. The second-order valence-electron chi connectivity index (χ2n) is 11.0. The van der Waals surface area contributed by atoms with Crippen molar-refractivity contribution in [2.75, 3.05) is 0 Å². The van der Waals surface area contributed by atoms with Crippen LogP contribution in [0.25, 0.3) is 11.4 Å². The molecule has 0 N–H and O–H groups in total. The summed E-state index contributed by atoms with van der Waals surface area (Å²) in [6, 6.07) is 9.18. The number of hydrogen-bond donors (Lipinski definition) is 0. The molecule has 2 heteroatoms. The molecule has 0 bridgehead atoms. The van der Waals surface area contributed by atoms with E-state index in [4.69, 9.17) is 9.97 Å². The van der Waals surface area contributed by atoms with E-state index >= 15 is 0 Å². The topological polar surface area (TPSA) is 25.8 Å². The maximum atomic E-state index is 4.76. The lowest BCUT2D eigenvalue weighted by Gasteiger charge is -2.29. The Morgan fingerprint density at radius 2 is 1.18 bits per heavy atom. The standard InChI is InChI=1S/C31H46N2/c1-3-5-6-7-9-25-12-14-26(15-13-25)27-18-20-29(21-19-27)31-32-22-30(23-33-31)28-16-10-24(8-4-2)11-17-28/h18-26,28H,3-17H2,1-2H3. The van der Waals surface area contributed by atoms with Crippen molar-refractivity contribution in [1.82, 2.24) is 9.97 Å². The molecule has 1 aromatic carbocycles. The molecule has 2 saturated carbocycles. The summed E-state index contributed by atoms with van der Waals surface area (Å²) < 4.78 is 0. The number of rotatable bonds is 10. The molecule has 0 atom stereocenters. The van der Waals surface area contributed by atoms with Crippen molar-refractivity contribution < 1.29 is 0 Å². The van der Waals surface area contributed by atoms with Crippen molar-refractivity contribution in [3.63, 3.8) is 0 Å². The predicted octanol–water partition coefficient (Wildman–Crippen LogP) is 9.46. The fourth-order valence-electron chi connectivity index (χ4n) is 6.44. The zero-order valence-corrected chi connectivity index (χ0v) is 21.3. The van der Waals surface area contributed by atoms with Crippen LogP contribution in [0.2, 0.25) is 0 Å². The average molecular weight is 447 g/mol. The van der Waals surface area contributed by atoms with Crippen LogP contribution in [-0.2, 0) is 0 Å². The molecule has 1 heterocycles. The molecule has 33 heavy (non-hydrogen) atoms. The SMILES string of the molecule is CCCCCCC1CCC(c2ccc(-c3ncc(C4CCC(CCC)CC4)cn3)cc2)CC1. The van der Waals surface area contributed by atoms with Crippen LogP contribution in [0.4, 0.5) is 0 Å². The molecular weight excluding hydrogens is 400 g/mol. The van der Waals surface area contributed by atoms with Crippen molar-refractivity contribution in [1.29, 1.82) is 0 Å². The number of hydrogen-bond acceptors (Lipinski definition) is 2. The van der Waals surface area contributed by atoms with Gasteiger partial charge in [-0.25, -0.2) is 9.97 Å². The zero-order valence-electron chi connectivity index (χ0n) is 21.3. The fraction of sp³-hybridized carbons (Fsp3) is 0.677. The Morgan fingerprint density at radius 3 is 1.76 bits per heavy atom. The third-order valence-electron chi connectivity index (χ3n) is 8.64. The van der Waals surface area contributed by atoms with Gasteiger partial charge in [0.05, 0.1) is 0 Å². The highest BCUT2D eigenvalue weighted by Crippen LogP contribution is 2.39. The van der Waals surface area contributed by atoms with Gasteiger partial charge in [-0.3, -0.25) is 0 Å². The predicted molar refractivity (Wildman–Crippen MR) is 141 cm³/mol. The van der Waals surface area contributed by atoms with Crippen LogP contribution in [0.3, 0.4) is 0 Å². The van der Waals surface area contributed by atoms with Crippen LogP contribution in [-0.4, -0.2) is 9.97 Å². The molecule has 2 fully saturated rings. The van der Waals surface area contributed by atoms with Gasteiger partial charge in [-0.15, -0.1) is 0 Å². The fourth-order valence-corrected chi connectivity index (χ4v) is 6.44. The highest BCUT2D eigenvalue weighted by atomic mass is 14.9. The summed E-state index contributed by atoms with van der Waals surface area (Å²) in [5, 5.41) is 0. The Hall–Kier alpha value is -1.70. The smallest absolute Gasteiger partial charge is 0.159 e. The molecule has 0 unspecified atom stereocenters. The molecular formula is C31H46N2. The highest BCUT2D eigenvalue weighted by Gasteiger charge is 2.23. The summed E-state index contributed by atoms with van der Waals surface area (Å²) in [5.74, 6) is 4.21. The van der Waals surface area contributed by atoms with E-state index in [0.29, 0.717) is 5.92 Å². The lowest BCUT2D eigenvalue weighted by Crippen LogP contribution is -2.13. The molecule has 2 nitrogen and oxygen atoms in total. The number of unbranched alkanes of at least 4 members (excludes halogenated alkanes) is 3. The van der Waals surface area contributed by atoms with Gasteiger partial charge in [0.1, 0.15) is 0 Å². The third kappa shape index (κ3) is 6.90. The van der Waals surface area contributed by atoms with Crippen LogP contribution in [0.5, 0.6) is 0 Å². The van der Waals surface area contributed by atoms with E-state index in [1.165, 1.54) is 107 Å². The molecule has 2 aliphatic rings. The van der Waals surface area contributed by atoms with E-state index in [1.807, 2.05) is 0 Å². The molecule has 0 spiro atoms. The van der Waals surface area contributed by atoms with Crippen LogP contribution >= 0.6 is 0 Å². The van der Waals surface area contributed by atoms with E-state index in [2.05, 4.69) is 50.5 Å². The molecule has 0 radical (unpaired) electrons. The van der Waals surface area contributed by atoms with Gasteiger partial charge in [0.25, 0.3) is 0 Å². The van der Waals surface area contributed by atoms with Crippen molar-refractivity contribution in [2.45, 2.75) is 122 Å². The van der Waals surface area contributed by atoms with Gasteiger partial charge in [-0.2, -0.15) is 0 Å². The number of nitrogens with zero attached hydrogens (tertiary/aromatic N) is 2.